The van der Waals surface area contributed by atoms with E-state index in [4.69, 9.17) is 14.3 Å². The van der Waals surface area contributed by atoms with E-state index in [0.717, 1.165) is 17.1 Å². The molecule has 1 saturated heterocycles. The molecule has 194 valence electrons. The molecule has 2 aliphatic heterocycles. The van der Waals surface area contributed by atoms with Crippen molar-refractivity contribution < 1.29 is 43.1 Å². The van der Waals surface area contributed by atoms with E-state index in [1.165, 1.54) is 6.42 Å². The lowest BCUT2D eigenvalue weighted by Crippen LogP contribution is -2.35. The number of hydrogen-bond donors (Lipinski definition) is 1. The molecule has 0 aromatic heterocycles. The summed E-state index contributed by atoms with van der Waals surface area (Å²) in [5.74, 6) is -2.43. The lowest BCUT2D eigenvalue weighted by atomic mass is 10.3. The Hall–Kier alpha value is -3.54. The molecule has 2 heterocycles. The number of allylic oxidation sites excluding steroid dienone is 1. The largest absolute Gasteiger partial charge is 0.497 e. The summed E-state index contributed by atoms with van der Waals surface area (Å²) in [7, 11) is 0. The Kier molecular flexibility index (Phi) is 13.6. The monoisotopic (exact) mass is 495 g/mol. The molecule has 12 nitrogen and oxygen atoms in total. The number of imide groups is 2. The number of rotatable bonds is 13. The maximum absolute atomic E-state index is 11.8. The minimum atomic E-state index is -0.740. The zero-order chi connectivity index (χ0) is 26.2. The number of carbonyl (C=O) groups is 6. The molecule has 2 rings (SSSR count). The Morgan fingerprint density at radius 3 is 2.20 bits per heavy atom. The first kappa shape index (κ1) is 29.5. The van der Waals surface area contributed by atoms with Gasteiger partial charge in [0, 0.05) is 38.0 Å². The second-order valence-electron chi connectivity index (χ2n) is 7.50. The van der Waals surface area contributed by atoms with Gasteiger partial charge in [-0.05, 0) is 13.0 Å². The summed E-state index contributed by atoms with van der Waals surface area (Å²) in [5, 5.41) is 3.11. The molecule has 0 aliphatic carbocycles. The van der Waals surface area contributed by atoms with Crippen LogP contribution in [0.5, 0.6) is 0 Å². The first-order valence-electron chi connectivity index (χ1n) is 11.4. The molecule has 0 radical (unpaired) electrons. The van der Waals surface area contributed by atoms with Crippen molar-refractivity contribution >= 4 is 35.5 Å². The Bertz CT molecular complexity index is 817. The average molecular weight is 496 g/mol. The Balaban J connectivity index is 0.00000194. The zero-order valence-electron chi connectivity index (χ0n) is 20.4. The van der Waals surface area contributed by atoms with Gasteiger partial charge in [-0.25, -0.2) is 4.79 Å². The number of nitrogens with one attached hydrogen (secondary N) is 1. The van der Waals surface area contributed by atoms with E-state index in [1.54, 1.807) is 13.0 Å². The van der Waals surface area contributed by atoms with Crippen LogP contribution in [0.4, 0.5) is 0 Å². The highest BCUT2D eigenvalue weighted by atomic mass is 16.7. The number of hydrogen-bond acceptors (Lipinski definition) is 9. The molecule has 0 spiro atoms. The van der Waals surface area contributed by atoms with E-state index in [-0.39, 0.29) is 64.5 Å². The van der Waals surface area contributed by atoms with Crippen molar-refractivity contribution in [2.45, 2.75) is 52.9 Å². The van der Waals surface area contributed by atoms with Gasteiger partial charge in [0.15, 0.2) is 0 Å². The van der Waals surface area contributed by atoms with Crippen molar-refractivity contribution in [3.05, 3.63) is 24.0 Å². The third kappa shape index (κ3) is 11.4. The third-order valence-electron chi connectivity index (χ3n) is 4.36. The molecule has 2 aliphatic rings. The van der Waals surface area contributed by atoms with Crippen molar-refractivity contribution in [1.82, 2.24) is 15.3 Å². The van der Waals surface area contributed by atoms with Gasteiger partial charge in [-0.2, -0.15) is 0 Å². The minimum Gasteiger partial charge on any atom is -0.497 e. The molecule has 0 saturated carbocycles. The average Bonchev–Trinajstić information content (AvgIpc) is 3.30. The van der Waals surface area contributed by atoms with Crippen LogP contribution in [0.2, 0.25) is 0 Å². The smallest absolute Gasteiger partial charge is 0.335 e. The first-order valence-corrected chi connectivity index (χ1v) is 11.4. The standard InChI is InChI=1S/C20H25N3O9.C3H8/c1-14(7-11-30-12-8-20(29)32-23-18(27)4-5-19(23)28)31-13-9-21-15(24)6-10-22-16(25)2-3-17(22)26;1-3-2/h2-3,7H,4-6,8-13H2,1H3,(H,21,24);3H2,1-2H3. The predicted molar refractivity (Wildman–Crippen MR) is 122 cm³/mol. The van der Waals surface area contributed by atoms with Gasteiger partial charge in [-0.15, -0.1) is 5.06 Å². The van der Waals surface area contributed by atoms with E-state index >= 15 is 0 Å². The molecule has 12 heteroatoms. The van der Waals surface area contributed by atoms with E-state index in [9.17, 15) is 28.8 Å². The maximum atomic E-state index is 11.8. The highest BCUT2D eigenvalue weighted by molar-refractivity contribution is 6.13. The fourth-order valence-electron chi connectivity index (χ4n) is 2.64. The van der Waals surface area contributed by atoms with Crippen LogP contribution in [0.15, 0.2) is 24.0 Å². The van der Waals surface area contributed by atoms with E-state index < -0.39 is 29.6 Å². The van der Waals surface area contributed by atoms with Crippen LogP contribution < -0.4 is 5.32 Å². The van der Waals surface area contributed by atoms with Crippen molar-refractivity contribution in [2.75, 3.05) is 32.9 Å². The molecular weight excluding hydrogens is 462 g/mol. The van der Waals surface area contributed by atoms with Gasteiger partial charge in [0.2, 0.25) is 5.91 Å². The van der Waals surface area contributed by atoms with Crippen molar-refractivity contribution in [1.29, 1.82) is 0 Å². The summed E-state index contributed by atoms with van der Waals surface area (Å²) in [5.41, 5.74) is 0. The van der Waals surface area contributed by atoms with Crippen LogP contribution in [0, 0.1) is 0 Å². The van der Waals surface area contributed by atoms with Crippen LogP contribution in [0.25, 0.3) is 0 Å². The molecule has 1 N–H and O–H groups in total. The van der Waals surface area contributed by atoms with Crippen molar-refractivity contribution in [2.24, 2.45) is 0 Å². The zero-order valence-corrected chi connectivity index (χ0v) is 20.4. The molecule has 5 amide bonds. The summed E-state index contributed by atoms with van der Waals surface area (Å²) < 4.78 is 10.7. The lowest BCUT2D eigenvalue weighted by Gasteiger charge is -2.13. The second-order valence-corrected chi connectivity index (χ2v) is 7.50. The van der Waals surface area contributed by atoms with Crippen LogP contribution >= 0.6 is 0 Å². The quantitative estimate of drug-likeness (QED) is 0.222. The minimum absolute atomic E-state index is 0.00430. The third-order valence-corrected chi connectivity index (χ3v) is 4.36. The molecule has 1 fully saturated rings. The topological polar surface area (TPSA) is 149 Å². The molecule has 0 bridgehead atoms. The van der Waals surface area contributed by atoms with Gasteiger partial charge in [-0.1, -0.05) is 20.3 Å². The molecule has 0 aromatic rings. The fourth-order valence-corrected chi connectivity index (χ4v) is 2.64. The lowest BCUT2D eigenvalue weighted by molar-refractivity contribution is -0.198. The van der Waals surface area contributed by atoms with E-state index in [0.29, 0.717) is 10.8 Å². The van der Waals surface area contributed by atoms with Gasteiger partial charge in [0.05, 0.1) is 31.9 Å². The van der Waals surface area contributed by atoms with Crippen LogP contribution in [0.1, 0.15) is 52.9 Å². The number of ether oxygens (including phenoxy) is 2. The van der Waals surface area contributed by atoms with E-state index in [2.05, 4.69) is 19.2 Å². The summed E-state index contributed by atoms with van der Waals surface area (Å²) >= 11 is 0. The highest BCUT2D eigenvalue weighted by Gasteiger charge is 2.32. The number of nitrogens with zero attached hydrogens (tertiary/aromatic N) is 2. The normalized spacial score (nSPS) is 15.3. The molecule has 35 heavy (non-hydrogen) atoms. The molecular formula is C23H33N3O9. The van der Waals surface area contributed by atoms with Crippen LogP contribution in [0.3, 0.4) is 0 Å². The highest BCUT2D eigenvalue weighted by Crippen LogP contribution is 2.12. The Morgan fingerprint density at radius 1 is 1.00 bits per heavy atom. The predicted octanol–water partition coefficient (Wildman–Crippen LogP) is 0.768. The second kappa shape index (κ2) is 16.1. The van der Waals surface area contributed by atoms with Crippen molar-refractivity contribution in [3.8, 4) is 0 Å². The van der Waals surface area contributed by atoms with Crippen molar-refractivity contribution in [3.63, 3.8) is 0 Å². The molecule has 0 aromatic carbocycles. The van der Waals surface area contributed by atoms with Gasteiger partial charge in [-0.3, -0.25) is 28.9 Å². The van der Waals surface area contributed by atoms with Crippen LogP contribution in [-0.2, 0) is 43.1 Å². The number of amides is 5. The summed E-state index contributed by atoms with van der Waals surface area (Å²) in [6, 6.07) is 0. The van der Waals surface area contributed by atoms with Gasteiger partial charge in [0.1, 0.15) is 6.61 Å². The summed E-state index contributed by atoms with van der Waals surface area (Å²) in [6.07, 6.45) is 5.17. The molecule has 0 unspecified atom stereocenters. The summed E-state index contributed by atoms with van der Waals surface area (Å²) in [6.45, 7) is 6.62. The number of carbonyl (C=O) groups excluding carboxylic acids is 6. The van der Waals surface area contributed by atoms with Gasteiger partial charge in [0.25, 0.3) is 23.6 Å². The Morgan fingerprint density at radius 2 is 1.60 bits per heavy atom. The van der Waals surface area contributed by atoms with Crippen LogP contribution in [-0.4, -0.2) is 78.4 Å². The Labute approximate surface area is 204 Å². The first-order chi connectivity index (χ1) is 16.7. The SMILES string of the molecule is CC(=CCOCCC(=O)ON1C(=O)CCC1=O)OCCNC(=O)CCN1C(=O)C=CC1=O.CCC. The van der Waals surface area contributed by atoms with Gasteiger partial charge < -0.3 is 19.6 Å². The van der Waals surface area contributed by atoms with E-state index in [1.807, 2.05) is 0 Å². The number of hydroxylamine groups is 2. The fraction of sp³-hybridized carbons (Fsp3) is 0.565. The summed E-state index contributed by atoms with van der Waals surface area (Å²) in [4.78, 5) is 74.5. The molecule has 0 atom stereocenters. The van der Waals surface area contributed by atoms with Gasteiger partial charge >= 0.3 is 5.97 Å². The maximum Gasteiger partial charge on any atom is 0.335 e.